The summed E-state index contributed by atoms with van der Waals surface area (Å²) >= 11 is 0. The van der Waals surface area contributed by atoms with Gasteiger partial charge in [-0.25, -0.2) is 4.79 Å². The molecule has 0 bridgehead atoms. The largest absolute Gasteiger partial charge is 0.462 e. The van der Waals surface area contributed by atoms with Crippen LogP contribution in [0.4, 0.5) is 5.69 Å². The lowest BCUT2D eigenvalue weighted by Gasteiger charge is -2.20. The van der Waals surface area contributed by atoms with E-state index in [4.69, 9.17) is 4.74 Å². The average Bonchev–Trinajstić information content (AvgIpc) is 2.34. The van der Waals surface area contributed by atoms with Crippen LogP contribution in [0.15, 0.2) is 24.3 Å². The zero-order valence-corrected chi connectivity index (χ0v) is 12.2. The number of ether oxygens (including phenoxy) is 1. The highest BCUT2D eigenvalue weighted by Crippen LogP contribution is 2.11. The van der Waals surface area contributed by atoms with E-state index in [1.54, 1.807) is 13.0 Å². The number of esters is 1. The molecule has 0 atom stereocenters. The summed E-state index contributed by atoms with van der Waals surface area (Å²) in [5, 5.41) is 6.68. The van der Waals surface area contributed by atoms with Crippen LogP contribution in [0.2, 0.25) is 0 Å². The summed E-state index contributed by atoms with van der Waals surface area (Å²) in [6.45, 7) is 10.3. The Hall–Kier alpha value is -1.55. The van der Waals surface area contributed by atoms with Crippen LogP contribution in [-0.4, -0.2) is 31.2 Å². The molecule has 0 aliphatic carbocycles. The maximum atomic E-state index is 11.6. The van der Waals surface area contributed by atoms with Gasteiger partial charge in [0, 0.05) is 24.3 Å². The van der Waals surface area contributed by atoms with Crippen molar-refractivity contribution < 1.29 is 9.53 Å². The van der Waals surface area contributed by atoms with Crippen LogP contribution in [0, 0.1) is 0 Å². The smallest absolute Gasteiger partial charge is 0.338 e. The van der Waals surface area contributed by atoms with Crippen molar-refractivity contribution in [2.24, 2.45) is 0 Å². The number of carbonyl (C=O) groups is 1. The molecule has 0 saturated heterocycles. The standard InChI is InChI=1S/C15H24N2O2/c1-5-19-14(18)12-7-6-8-13(11-12)16-9-10-17-15(2,3)4/h6-8,11,16-17H,5,9-10H2,1-4H3. The first-order chi connectivity index (χ1) is 8.92. The molecule has 0 aliphatic rings. The summed E-state index contributed by atoms with van der Waals surface area (Å²) in [5.74, 6) is -0.279. The Kier molecular flexibility index (Phi) is 5.83. The van der Waals surface area contributed by atoms with Crippen molar-refractivity contribution in [1.29, 1.82) is 0 Å². The fourth-order valence-corrected chi connectivity index (χ4v) is 1.61. The minimum absolute atomic E-state index is 0.120. The van der Waals surface area contributed by atoms with E-state index < -0.39 is 0 Å². The van der Waals surface area contributed by atoms with Crippen molar-refractivity contribution in [3.8, 4) is 0 Å². The van der Waals surface area contributed by atoms with Crippen LogP contribution in [0.3, 0.4) is 0 Å². The predicted molar refractivity (Wildman–Crippen MR) is 78.6 cm³/mol. The molecule has 0 unspecified atom stereocenters. The molecular weight excluding hydrogens is 240 g/mol. The molecule has 0 heterocycles. The summed E-state index contributed by atoms with van der Waals surface area (Å²) in [6, 6.07) is 7.37. The molecule has 1 aromatic rings. The van der Waals surface area contributed by atoms with E-state index >= 15 is 0 Å². The highest BCUT2D eigenvalue weighted by molar-refractivity contribution is 5.90. The third kappa shape index (κ3) is 6.25. The molecular formula is C15H24N2O2. The van der Waals surface area contributed by atoms with Gasteiger partial charge >= 0.3 is 5.97 Å². The van der Waals surface area contributed by atoms with E-state index in [9.17, 15) is 4.79 Å². The topological polar surface area (TPSA) is 50.4 Å². The molecule has 0 radical (unpaired) electrons. The number of nitrogens with one attached hydrogen (secondary N) is 2. The minimum atomic E-state index is -0.279. The van der Waals surface area contributed by atoms with Gasteiger partial charge in [0.1, 0.15) is 0 Å². The second kappa shape index (κ2) is 7.14. The molecule has 0 spiro atoms. The summed E-state index contributed by atoms with van der Waals surface area (Å²) in [4.78, 5) is 11.6. The molecule has 1 aromatic carbocycles. The van der Waals surface area contributed by atoms with Crippen LogP contribution < -0.4 is 10.6 Å². The van der Waals surface area contributed by atoms with Crippen molar-refractivity contribution >= 4 is 11.7 Å². The van der Waals surface area contributed by atoms with Crippen LogP contribution in [0.1, 0.15) is 38.1 Å². The quantitative estimate of drug-likeness (QED) is 0.612. The number of anilines is 1. The predicted octanol–water partition coefficient (Wildman–Crippen LogP) is 2.66. The van der Waals surface area contributed by atoms with Gasteiger partial charge in [0.25, 0.3) is 0 Å². The summed E-state index contributed by atoms with van der Waals surface area (Å²) in [5.41, 5.74) is 1.63. The maximum absolute atomic E-state index is 11.6. The van der Waals surface area contributed by atoms with Gasteiger partial charge in [0.15, 0.2) is 0 Å². The van der Waals surface area contributed by atoms with Gasteiger partial charge in [0.2, 0.25) is 0 Å². The van der Waals surface area contributed by atoms with Crippen LogP contribution >= 0.6 is 0 Å². The van der Waals surface area contributed by atoms with E-state index in [0.717, 1.165) is 18.8 Å². The zero-order chi connectivity index (χ0) is 14.3. The lowest BCUT2D eigenvalue weighted by Crippen LogP contribution is -2.38. The van der Waals surface area contributed by atoms with E-state index in [0.29, 0.717) is 12.2 Å². The molecule has 4 nitrogen and oxygen atoms in total. The third-order valence-electron chi connectivity index (χ3n) is 2.48. The van der Waals surface area contributed by atoms with E-state index in [1.165, 1.54) is 0 Å². The summed E-state index contributed by atoms with van der Waals surface area (Å²) < 4.78 is 4.97. The van der Waals surface area contributed by atoms with Gasteiger partial charge in [-0.15, -0.1) is 0 Å². The molecule has 0 aliphatic heterocycles. The van der Waals surface area contributed by atoms with Crippen molar-refractivity contribution in [2.45, 2.75) is 33.2 Å². The molecule has 0 aromatic heterocycles. The molecule has 0 saturated carbocycles. The minimum Gasteiger partial charge on any atom is -0.462 e. The van der Waals surface area contributed by atoms with Gasteiger partial charge in [0.05, 0.1) is 12.2 Å². The van der Waals surface area contributed by atoms with Crippen LogP contribution in [0.25, 0.3) is 0 Å². The molecule has 19 heavy (non-hydrogen) atoms. The number of carbonyl (C=O) groups excluding carboxylic acids is 1. The Morgan fingerprint density at radius 1 is 1.26 bits per heavy atom. The second-order valence-corrected chi connectivity index (χ2v) is 5.40. The maximum Gasteiger partial charge on any atom is 0.338 e. The monoisotopic (exact) mass is 264 g/mol. The molecule has 0 amide bonds. The average molecular weight is 264 g/mol. The lowest BCUT2D eigenvalue weighted by atomic mass is 10.1. The fraction of sp³-hybridized carbons (Fsp3) is 0.533. The normalized spacial score (nSPS) is 11.2. The highest BCUT2D eigenvalue weighted by atomic mass is 16.5. The molecule has 0 fully saturated rings. The first-order valence-corrected chi connectivity index (χ1v) is 6.68. The number of benzene rings is 1. The zero-order valence-electron chi connectivity index (χ0n) is 12.2. The van der Waals surface area contributed by atoms with Gasteiger partial charge in [-0.3, -0.25) is 0 Å². The second-order valence-electron chi connectivity index (χ2n) is 5.40. The van der Waals surface area contributed by atoms with E-state index in [1.807, 2.05) is 18.2 Å². The highest BCUT2D eigenvalue weighted by Gasteiger charge is 2.08. The van der Waals surface area contributed by atoms with Crippen molar-refractivity contribution in [2.75, 3.05) is 25.0 Å². The lowest BCUT2D eigenvalue weighted by molar-refractivity contribution is 0.0526. The summed E-state index contributed by atoms with van der Waals surface area (Å²) in [6.07, 6.45) is 0. The van der Waals surface area contributed by atoms with Crippen molar-refractivity contribution in [1.82, 2.24) is 5.32 Å². The SMILES string of the molecule is CCOC(=O)c1cccc(NCCNC(C)(C)C)c1. The first kappa shape index (κ1) is 15.5. The molecule has 106 valence electrons. The van der Waals surface area contributed by atoms with Crippen LogP contribution in [0.5, 0.6) is 0 Å². The Labute approximate surface area is 115 Å². The van der Waals surface area contributed by atoms with Gasteiger partial charge in [-0.05, 0) is 45.9 Å². The molecule has 1 rings (SSSR count). The Morgan fingerprint density at radius 2 is 2.00 bits per heavy atom. The summed E-state index contributed by atoms with van der Waals surface area (Å²) in [7, 11) is 0. The number of hydrogen-bond donors (Lipinski definition) is 2. The third-order valence-corrected chi connectivity index (χ3v) is 2.48. The molecule has 2 N–H and O–H groups in total. The van der Waals surface area contributed by atoms with Gasteiger partial charge in [-0.2, -0.15) is 0 Å². The number of hydrogen-bond acceptors (Lipinski definition) is 4. The Bertz CT molecular complexity index is 411. The van der Waals surface area contributed by atoms with Gasteiger partial charge in [-0.1, -0.05) is 6.07 Å². The van der Waals surface area contributed by atoms with Crippen molar-refractivity contribution in [3.63, 3.8) is 0 Å². The Morgan fingerprint density at radius 3 is 2.63 bits per heavy atom. The van der Waals surface area contributed by atoms with E-state index in [2.05, 4.69) is 31.4 Å². The fourth-order valence-electron chi connectivity index (χ4n) is 1.61. The van der Waals surface area contributed by atoms with E-state index in [-0.39, 0.29) is 11.5 Å². The van der Waals surface area contributed by atoms with Crippen molar-refractivity contribution in [3.05, 3.63) is 29.8 Å². The number of rotatable bonds is 6. The Balaban J connectivity index is 2.46. The van der Waals surface area contributed by atoms with Gasteiger partial charge < -0.3 is 15.4 Å². The molecule has 4 heteroatoms. The first-order valence-electron chi connectivity index (χ1n) is 6.68. The van der Waals surface area contributed by atoms with Crippen LogP contribution in [-0.2, 0) is 4.74 Å².